The quantitative estimate of drug-likeness (QED) is 0.433. The molecule has 0 bridgehead atoms. The first-order valence-electron chi connectivity index (χ1n) is 8.54. The molecule has 1 atom stereocenters. The van der Waals surface area contributed by atoms with Gasteiger partial charge in [0.2, 0.25) is 0 Å². The largest absolute Gasteiger partial charge is 0.357 e. The van der Waals surface area contributed by atoms with E-state index in [0.717, 1.165) is 27.5 Å². The van der Waals surface area contributed by atoms with E-state index in [2.05, 4.69) is 23.5 Å². The minimum absolute atomic E-state index is 0.237. The summed E-state index contributed by atoms with van der Waals surface area (Å²) < 4.78 is 0. The van der Waals surface area contributed by atoms with Crippen molar-refractivity contribution < 1.29 is 4.92 Å². The number of benzene rings is 2. The van der Waals surface area contributed by atoms with Gasteiger partial charge in [-0.15, -0.1) is 11.8 Å². The van der Waals surface area contributed by atoms with E-state index in [9.17, 15) is 10.1 Å². The van der Waals surface area contributed by atoms with Gasteiger partial charge in [0.1, 0.15) is 5.92 Å². The molecule has 0 aromatic heterocycles. The predicted molar refractivity (Wildman–Crippen MR) is 106 cm³/mol. The fourth-order valence-electron chi connectivity index (χ4n) is 3.29. The van der Waals surface area contributed by atoms with E-state index in [0.29, 0.717) is 5.70 Å². The van der Waals surface area contributed by atoms with Gasteiger partial charge in [-0.05, 0) is 43.5 Å². The van der Waals surface area contributed by atoms with Crippen LogP contribution in [0.25, 0.3) is 0 Å². The number of dihydropyridines is 1. The summed E-state index contributed by atoms with van der Waals surface area (Å²) in [6.45, 7) is 5.73. The summed E-state index contributed by atoms with van der Waals surface area (Å²) >= 11 is 1.72. The third-order valence-corrected chi connectivity index (χ3v) is 5.88. The second-order valence-corrected chi connectivity index (χ2v) is 7.46. The Morgan fingerprint density at radius 1 is 1.00 bits per heavy atom. The monoisotopic (exact) mass is 366 g/mol. The highest BCUT2D eigenvalue weighted by Crippen LogP contribution is 2.42. The number of allylic oxidation sites excluding steroid dienone is 3. The lowest BCUT2D eigenvalue weighted by atomic mass is 9.85. The number of nitro groups is 1. The zero-order chi connectivity index (χ0) is 18.7. The lowest BCUT2D eigenvalue weighted by Crippen LogP contribution is -2.27. The van der Waals surface area contributed by atoms with E-state index >= 15 is 0 Å². The Bertz CT molecular complexity index is 888. The van der Waals surface area contributed by atoms with Gasteiger partial charge in [-0.2, -0.15) is 0 Å². The van der Waals surface area contributed by atoms with Crippen LogP contribution >= 0.6 is 11.8 Å². The maximum Gasteiger partial charge on any atom is 0.276 e. The third-order valence-electron chi connectivity index (χ3n) is 4.72. The molecule has 134 valence electrons. The Morgan fingerprint density at radius 3 is 2.35 bits per heavy atom. The van der Waals surface area contributed by atoms with Crippen LogP contribution in [0.5, 0.6) is 0 Å². The van der Waals surface area contributed by atoms with Crippen molar-refractivity contribution in [2.75, 3.05) is 0 Å². The summed E-state index contributed by atoms with van der Waals surface area (Å²) in [5.41, 5.74) is 5.07. The van der Waals surface area contributed by atoms with Gasteiger partial charge >= 0.3 is 0 Å². The van der Waals surface area contributed by atoms with Crippen LogP contribution < -0.4 is 5.32 Å². The molecule has 0 aliphatic carbocycles. The summed E-state index contributed by atoms with van der Waals surface area (Å²) in [4.78, 5) is 12.6. The first-order valence-corrected chi connectivity index (χ1v) is 9.52. The molecule has 0 saturated carbocycles. The summed E-state index contributed by atoms with van der Waals surface area (Å²) in [7, 11) is 0. The van der Waals surface area contributed by atoms with Crippen LogP contribution in [-0.2, 0) is 5.75 Å². The van der Waals surface area contributed by atoms with Gasteiger partial charge in [0.25, 0.3) is 5.70 Å². The van der Waals surface area contributed by atoms with E-state index in [1.807, 2.05) is 50.2 Å². The highest BCUT2D eigenvalue weighted by atomic mass is 32.2. The molecule has 3 rings (SSSR count). The molecular formula is C21H22N2O2S. The molecule has 5 heteroatoms. The lowest BCUT2D eigenvalue weighted by Gasteiger charge is -2.27. The number of hydrogen-bond acceptors (Lipinski definition) is 4. The Morgan fingerprint density at radius 2 is 1.65 bits per heavy atom. The van der Waals surface area contributed by atoms with E-state index in [1.54, 1.807) is 18.7 Å². The normalized spacial score (nSPS) is 17.3. The molecule has 0 amide bonds. The maximum atomic E-state index is 11.8. The Balaban J connectivity index is 1.99. The highest BCUT2D eigenvalue weighted by molar-refractivity contribution is 7.98. The number of hydrogen-bond donors (Lipinski definition) is 1. The van der Waals surface area contributed by atoms with E-state index in [-0.39, 0.29) is 16.5 Å². The molecule has 0 spiro atoms. The number of thioether (sulfide) groups is 1. The molecule has 26 heavy (non-hydrogen) atoms. The molecule has 1 N–H and O–H groups in total. The van der Waals surface area contributed by atoms with Crippen LogP contribution in [0.2, 0.25) is 0 Å². The van der Waals surface area contributed by atoms with Crippen LogP contribution in [0.3, 0.4) is 0 Å². The fourth-order valence-corrected chi connectivity index (χ4v) is 4.33. The van der Waals surface area contributed by atoms with Gasteiger partial charge in [-0.25, -0.2) is 0 Å². The van der Waals surface area contributed by atoms with Crippen molar-refractivity contribution in [3.05, 3.63) is 98.5 Å². The summed E-state index contributed by atoms with van der Waals surface area (Å²) in [6.07, 6.45) is 0. The predicted octanol–water partition coefficient (Wildman–Crippen LogP) is 5.47. The van der Waals surface area contributed by atoms with Gasteiger partial charge in [0, 0.05) is 16.3 Å². The summed E-state index contributed by atoms with van der Waals surface area (Å²) in [6, 6.07) is 18.3. The SMILES string of the molecule is CC1=C(C)C(c2ccccc2SCc2ccccc2)C([N+](=O)[O-])=C(C)N1. The zero-order valence-electron chi connectivity index (χ0n) is 15.2. The van der Waals surface area contributed by atoms with Gasteiger partial charge in [0.15, 0.2) is 0 Å². The van der Waals surface area contributed by atoms with Gasteiger partial charge in [0.05, 0.1) is 10.6 Å². The van der Waals surface area contributed by atoms with Crippen molar-refractivity contribution in [3.8, 4) is 0 Å². The molecule has 1 unspecified atom stereocenters. The molecule has 1 heterocycles. The molecule has 0 radical (unpaired) electrons. The van der Waals surface area contributed by atoms with E-state index in [1.165, 1.54) is 5.56 Å². The third kappa shape index (κ3) is 3.68. The zero-order valence-corrected chi connectivity index (χ0v) is 16.0. The van der Waals surface area contributed by atoms with Crippen LogP contribution in [0, 0.1) is 10.1 Å². The maximum absolute atomic E-state index is 11.8. The lowest BCUT2D eigenvalue weighted by molar-refractivity contribution is -0.431. The van der Waals surface area contributed by atoms with Crippen molar-refractivity contribution >= 4 is 11.8 Å². The van der Waals surface area contributed by atoms with Crippen LogP contribution in [0.15, 0.2) is 82.2 Å². The van der Waals surface area contributed by atoms with Gasteiger partial charge < -0.3 is 5.32 Å². The second-order valence-electron chi connectivity index (χ2n) is 6.45. The van der Waals surface area contributed by atoms with E-state index < -0.39 is 0 Å². The van der Waals surface area contributed by atoms with Crippen molar-refractivity contribution in [2.24, 2.45) is 0 Å². The number of rotatable bonds is 5. The first kappa shape index (κ1) is 18.3. The number of nitrogens with zero attached hydrogens (tertiary/aromatic N) is 1. The topological polar surface area (TPSA) is 55.2 Å². The number of nitrogens with one attached hydrogen (secondary N) is 1. The standard InChI is InChI=1S/C21H22N2O2S/c1-14-15(2)22-16(3)21(23(24)25)20(14)18-11-7-8-12-19(18)26-13-17-9-5-4-6-10-17/h4-12,20,22H,13H2,1-3H3. The van der Waals surface area contributed by atoms with Crippen molar-refractivity contribution in [3.63, 3.8) is 0 Å². The molecule has 1 aliphatic heterocycles. The average Bonchev–Trinajstić information content (AvgIpc) is 2.63. The summed E-state index contributed by atoms with van der Waals surface area (Å²) in [5.74, 6) is 0.506. The molecular weight excluding hydrogens is 344 g/mol. The van der Waals surface area contributed by atoms with Crippen LogP contribution in [-0.4, -0.2) is 4.92 Å². The molecule has 1 aliphatic rings. The highest BCUT2D eigenvalue weighted by Gasteiger charge is 2.36. The summed E-state index contributed by atoms with van der Waals surface area (Å²) in [5, 5.41) is 14.9. The van der Waals surface area contributed by atoms with E-state index in [4.69, 9.17) is 0 Å². The Kier molecular flexibility index (Phi) is 5.47. The fraction of sp³-hybridized carbons (Fsp3) is 0.238. The van der Waals surface area contributed by atoms with Crippen molar-refractivity contribution in [2.45, 2.75) is 37.3 Å². The molecule has 4 nitrogen and oxygen atoms in total. The minimum atomic E-state index is -0.328. The van der Waals surface area contributed by atoms with Crippen molar-refractivity contribution in [1.29, 1.82) is 0 Å². The van der Waals surface area contributed by atoms with Gasteiger partial charge in [-0.3, -0.25) is 10.1 Å². The minimum Gasteiger partial charge on any atom is -0.357 e. The van der Waals surface area contributed by atoms with Crippen LogP contribution in [0.1, 0.15) is 37.8 Å². The molecule has 0 saturated heterocycles. The van der Waals surface area contributed by atoms with Gasteiger partial charge in [-0.1, -0.05) is 48.5 Å². The first-order chi connectivity index (χ1) is 12.5. The smallest absolute Gasteiger partial charge is 0.276 e. The molecule has 2 aromatic rings. The van der Waals surface area contributed by atoms with Crippen LogP contribution in [0.4, 0.5) is 0 Å². The average molecular weight is 366 g/mol. The Labute approximate surface area is 158 Å². The second kappa shape index (κ2) is 7.79. The molecule has 0 fully saturated rings. The molecule has 2 aromatic carbocycles. The Hall–Kier alpha value is -2.53. The van der Waals surface area contributed by atoms with Crippen molar-refractivity contribution in [1.82, 2.24) is 5.32 Å².